The smallest absolute Gasteiger partial charge is 0.0667 e. The fraction of sp³-hybridized carbons (Fsp3) is 1.00. The van der Waals surface area contributed by atoms with E-state index in [0.29, 0.717) is 6.04 Å². The fourth-order valence-electron chi connectivity index (χ4n) is 2.13. The molecule has 72 valence electrons. The van der Waals surface area contributed by atoms with Crippen molar-refractivity contribution in [3.63, 3.8) is 0 Å². The average Bonchev–Trinajstić information content (AvgIpc) is 2.05. The summed E-state index contributed by atoms with van der Waals surface area (Å²) in [4.78, 5) is 2.44. The SMILES string of the molecule is CCCN1CCCCC1C(C)O. The van der Waals surface area contributed by atoms with Crippen LogP contribution in [0.2, 0.25) is 0 Å². The van der Waals surface area contributed by atoms with Crippen LogP contribution in [-0.4, -0.2) is 35.2 Å². The number of piperidine rings is 1. The van der Waals surface area contributed by atoms with Gasteiger partial charge in [0.15, 0.2) is 0 Å². The molecule has 0 amide bonds. The lowest BCUT2D eigenvalue weighted by Gasteiger charge is -2.37. The van der Waals surface area contributed by atoms with E-state index in [0.717, 1.165) is 6.54 Å². The minimum atomic E-state index is -0.156. The molecule has 0 aliphatic carbocycles. The van der Waals surface area contributed by atoms with E-state index in [2.05, 4.69) is 11.8 Å². The van der Waals surface area contributed by atoms with Crippen LogP contribution in [0.3, 0.4) is 0 Å². The van der Waals surface area contributed by atoms with Gasteiger partial charge in [-0.1, -0.05) is 13.3 Å². The Balaban J connectivity index is 2.42. The third-order valence-electron chi connectivity index (χ3n) is 2.73. The normalized spacial score (nSPS) is 28.8. The molecule has 0 aromatic rings. The number of rotatable bonds is 3. The van der Waals surface area contributed by atoms with Crippen LogP contribution in [0.1, 0.15) is 39.5 Å². The van der Waals surface area contributed by atoms with Gasteiger partial charge < -0.3 is 5.11 Å². The molecule has 1 N–H and O–H groups in total. The van der Waals surface area contributed by atoms with E-state index in [4.69, 9.17) is 0 Å². The van der Waals surface area contributed by atoms with Gasteiger partial charge in [-0.3, -0.25) is 4.90 Å². The van der Waals surface area contributed by atoms with E-state index in [1.54, 1.807) is 0 Å². The molecule has 0 radical (unpaired) electrons. The predicted octanol–water partition coefficient (Wildman–Crippen LogP) is 1.63. The van der Waals surface area contributed by atoms with E-state index in [1.165, 1.54) is 32.2 Å². The quantitative estimate of drug-likeness (QED) is 0.697. The first-order chi connectivity index (χ1) is 5.75. The molecule has 1 saturated heterocycles. The van der Waals surface area contributed by atoms with Crippen LogP contribution in [0, 0.1) is 0 Å². The summed E-state index contributed by atoms with van der Waals surface area (Å²) in [5.74, 6) is 0. The fourth-order valence-corrected chi connectivity index (χ4v) is 2.13. The summed E-state index contributed by atoms with van der Waals surface area (Å²) in [6.45, 7) is 6.45. The van der Waals surface area contributed by atoms with Gasteiger partial charge in [-0.05, 0) is 39.3 Å². The lowest BCUT2D eigenvalue weighted by molar-refractivity contribution is 0.0366. The molecule has 0 saturated carbocycles. The molecular formula is C10H21NO. The highest BCUT2D eigenvalue weighted by molar-refractivity contribution is 4.80. The Morgan fingerprint density at radius 2 is 2.25 bits per heavy atom. The maximum Gasteiger partial charge on any atom is 0.0667 e. The largest absolute Gasteiger partial charge is 0.392 e. The van der Waals surface area contributed by atoms with Gasteiger partial charge in [-0.2, -0.15) is 0 Å². The number of hydrogen-bond donors (Lipinski definition) is 1. The zero-order valence-corrected chi connectivity index (χ0v) is 8.29. The molecule has 1 aliphatic heterocycles. The van der Waals surface area contributed by atoms with Crippen molar-refractivity contribution in [3.8, 4) is 0 Å². The standard InChI is InChI=1S/C10H21NO/c1-3-7-11-8-5-4-6-10(11)9(2)12/h9-10,12H,3-8H2,1-2H3. The summed E-state index contributed by atoms with van der Waals surface area (Å²) >= 11 is 0. The highest BCUT2D eigenvalue weighted by atomic mass is 16.3. The molecule has 0 spiro atoms. The second-order valence-corrected chi connectivity index (χ2v) is 3.84. The summed E-state index contributed by atoms with van der Waals surface area (Å²) in [7, 11) is 0. The first kappa shape index (κ1) is 10.0. The zero-order chi connectivity index (χ0) is 8.97. The van der Waals surface area contributed by atoms with Gasteiger partial charge in [0, 0.05) is 6.04 Å². The van der Waals surface area contributed by atoms with Crippen molar-refractivity contribution in [2.75, 3.05) is 13.1 Å². The third-order valence-corrected chi connectivity index (χ3v) is 2.73. The molecule has 0 aromatic carbocycles. The van der Waals surface area contributed by atoms with E-state index in [1.807, 2.05) is 6.92 Å². The number of aliphatic hydroxyl groups is 1. The van der Waals surface area contributed by atoms with E-state index >= 15 is 0 Å². The molecule has 12 heavy (non-hydrogen) atoms. The Morgan fingerprint density at radius 3 is 2.83 bits per heavy atom. The van der Waals surface area contributed by atoms with Crippen LogP contribution in [0.5, 0.6) is 0 Å². The summed E-state index contributed by atoms with van der Waals surface area (Å²) < 4.78 is 0. The zero-order valence-electron chi connectivity index (χ0n) is 8.29. The minimum absolute atomic E-state index is 0.156. The number of aliphatic hydroxyl groups excluding tert-OH is 1. The summed E-state index contributed by atoms with van der Waals surface area (Å²) in [6, 6.07) is 0.429. The molecule has 2 unspecified atom stereocenters. The molecule has 1 heterocycles. The average molecular weight is 171 g/mol. The van der Waals surface area contributed by atoms with Gasteiger partial charge in [0.25, 0.3) is 0 Å². The number of likely N-dealkylation sites (tertiary alicyclic amines) is 1. The third kappa shape index (κ3) is 2.46. The van der Waals surface area contributed by atoms with Crippen LogP contribution >= 0.6 is 0 Å². The Labute approximate surface area is 75.6 Å². The highest BCUT2D eigenvalue weighted by Gasteiger charge is 2.24. The summed E-state index contributed by atoms with van der Waals surface area (Å²) in [5.41, 5.74) is 0. The van der Waals surface area contributed by atoms with E-state index in [9.17, 15) is 5.11 Å². The van der Waals surface area contributed by atoms with Crippen molar-refractivity contribution in [2.45, 2.75) is 51.7 Å². The maximum atomic E-state index is 9.53. The molecule has 2 nitrogen and oxygen atoms in total. The van der Waals surface area contributed by atoms with Crippen LogP contribution in [0.4, 0.5) is 0 Å². The van der Waals surface area contributed by atoms with Crippen molar-refractivity contribution in [3.05, 3.63) is 0 Å². The molecule has 1 aliphatic rings. The van der Waals surface area contributed by atoms with E-state index < -0.39 is 0 Å². The molecular weight excluding hydrogens is 150 g/mol. The van der Waals surface area contributed by atoms with Gasteiger partial charge in [0.2, 0.25) is 0 Å². The van der Waals surface area contributed by atoms with Crippen LogP contribution in [0.25, 0.3) is 0 Å². The number of hydrogen-bond acceptors (Lipinski definition) is 2. The van der Waals surface area contributed by atoms with Gasteiger partial charge in [0.1, 0.15) is 0 Å². The number of nitrogens with zero attached hydrogens (tertiary/aromatic N) is 1. The Hall–Kier alpha value is -0.0800. The second-order valence-electron chi connectivity index (χ2n) is 3.84. The predicted molar refractivity (Wildman–Crippen MR) is 51.2 cm³/mol. The van der Waals surface area contributed by atoms with Crippen LogP contribution in [-0.2, 0) is 0 Å². The molecule has 0 aromatic heterocycles. The first-order valence-electron chi connectivity index (χ1n) is 5.17. The van der Waals surface area contributed by atoms with Crippen molar-refractivity contribution < 1.29 is 5.11 Å². The van der Waals surface area contributed by atoms with Gasteiger partial charge in [-0.15, -0.1) is 0 Å². The van der Waals surface area contributed by atoms with E-state index in [-0.39, 0.29) is 6.10 Å². The Morgan fingerprint density at radius 1 is 1.50 bits per heavy atom. The lowest BCUT2D eigenvalue weighted by atomic mass is 9.98. The highest BCUT2D eigenvalue weighted by Crippen LogP contribution is 2.19. The van der Waals surface area contributed by atoms with Crippen LogP contribution < -0.4 is 0 Å². The summed E-state index contributed by atoms with van der Waals surface area (Å²) in [6.07, 6.45) is 4.82. The molecule has 2 heteroatoms. The lowest BCUT2D eigenvalue weighted by Crippen LogP contribution is -2.45. The second kappa shape index (κ2) is 4.83. The Kier molecular flexibility index (Phi) is 4.02. The van der Waals surface area contributed by atoms with Crippen molar-refractivity contribution in [1.29, 1.82) is 0 Å². The van der Waals surface area contributed by atoms with Crippen molar-refractivity contribution in [1.82, 2.24) is 4.90 Å². The molecule has 1 fully saturated rings. The topological polar surface area (TPSA) is 23.5 Å². The Bertz CT molecular complexity index is 123. The molecule has 0 bridgehead atoms. The maximum absolute atomic E-state index is 9.53. The minimum Gasteiger partial charge on any atom is -0.392 e. The monoisotopic (exact) mass is 171 g/mol. The summed E-state index contributed by atoms with van der Waals surface area (Å²) in [5, 5.41) is 9.53. The van der Waals surface area contributed by atoms with Gasteiger partial charge in [0.05, 0.1) is 6.10 Å². The molecule has 2 atom stereocenters. The van der Waals surface area contributed by atoms with Crippen LogP contribution in [0.15, 0.2) is 0 Å². The van der Waals surface area contributed by atoms with Crippen molar-refractivity contribution in [2.24, 2.45) is 0 Å². The van der Waals surface area contributed by atoms with Gasteiger partial charge >= 0.3 is 0 Å². The van der Waals surface area contributed by atoms with Gasteiger partial charge in [-0.25, -0.2) is 0 Å². The van der Waals surface area contributed by atoms with Crippen molar-refractivity contribution >= 4 is 0 Å². The first-order valence-corrected chi connectivity index (χ1v) is 5.17. The molecule has 1 rings (SSSR count).